The third-order valence-corrected chi connectivity index (χ3v) is 11.3. The molecule has 3 aromatic carbocycles. The van der Waals surface area contributed by atoms with Crippen molar-refractivity contribution in [1.82, 2.24) is 4.31 Å². The van der Waals surface area contributed by atoms with Crippen LogP contribution in [0.1, 0.15) is 55.7 Å². The maximum atomic E-state index is 14.3. The quantitative estimate of drug-likeness (QED) is 0.189. The molecule has 2 aliphatic heterocycles. The van der Waals surface area contributed by atoms with Crippen LogP contribution in [0.15, 0.2) is 71.6 Å². The SMILES string of the molecule is COCCCN1CCOc2ccc(CO[C@H]3CN(S(=O)(=O)c4ccc(C)cc4)[C@H](CC(C)(C)OC)C[C@@H]3c3ccc(OC)cc3)cc21. The van der Waals surface area contributed by atoms with Crippen molar-refractivity contribution in [3.63, 3.8) is 0 Å². The molecule has 2 heterocycles. The highest BCUT2D eigenvalue weighted by molar-refractivity contribution is 7.89. The third-order valence-electron chi connectivity index (χ3n) is 9.42. The normalized spacial score (nSPS) is 20.5. The molecule has 0 bridgehead atoms. The van der Waals surface area contributed by atoms with Gasteiger partial charge < -0.3 is 28.6 Å². The molecule has 0 saturated carbocycles. The van der Waals surface area contributed by atoms with Gasteiger partial charge in [-0.15, -0.1) is 0 Å². The van der Waals surface area contributed by atoms with Crippen molar-refractivity contribution in [3.8, 4) is 11.5 Å². The van der Waals surface area contributed by atoms with E-state index in [0.717, 1.165) is 53.4 Å². The number of fused-ring (bicyclic) bond motifs is 1. The number of rotatable bonds is 14. The van der Waals surface area contributed by atoms with Gasteiger partial charge in [0.05, 0.1) is 42.5 Å². The van der Waals surface area contributed by atoms with Crippen LogP contribution in [0.25, 0.3) is 0 Å². The minimum absolute atomic E-state index is 0.0467. The Labute approximate surface area is 280 Å². The Bertz CT molecular complexity index is 1560. The van der Waals surface area contributed by atoms with Gasteiger partial charge in [-0.3, -0.25) is 0 Å². The fourth-order valence-electron chi connectivity index (χ4n) is 6.61. The van der Waals surface area contributed by atoms with E-state index < -0.39 is 21.7 Å². The second-order valence-electron chi connectivity index (χ2n) is 13.2. The highest BCUT2D eigenvalue weighted by Gasteiger charge is 2.44. The fraction of sp³-hybridized carbons (Fsp3) is 0.514. The molecule has 5 rings (SSSR count). The standard InChI is InChI=1S/C37H50N2O7S/c1-27-8-15-32(16-9-27)47(40,41)39-25-36(33(23-30(39)24-37(2,3)44-6)29-11-13-31(43-5)14-12-29)46-26-28-10-17-35-34(22-28)38(19-21-45-35)18-7-20-42-4/h8-17,22,30,33,36H,7,18-21,23-26H2,1-6H3/t30-,33+,36-/m0/s1. The lowest BCUT2D eigenvalue weighted by Gasteiger charge is -2.45. The first kappa shape index (κ1) is 35.2. The van der Waals surface area contributed by atoms with Crippen LogP contribution < -0.4 is 14.4 Å². The average Bonchev–Trinajstić information content (AvgIpc) is 3.07. The van der Waals surface area contributed by atoms with Crippen molar-refractivity contribution in [3.05, 3.63) is 83.4 Å². The summed E-state index contributed by atoms with van der Waals surface area (Å²) < 4.78 is 59.5. The van der Waals surface area contributed by atoms with Crippen LogP contribution in [-0.2, 0) is 30.8 Å². The Hall–Kier alpha value is -3.15. The maximum absolute atomic E-state index is 14.3. The highest BCUT2D eigenvalue weighted by Crippen LogP contribution is 2.41. The van der Waals surface area contributed by atoms with Crippen molar-refractivity contribution < 1.29 is 32.1 Å². The summed E-state index contributed by atoms with van der Waals surface area (Å²) in [6.45, 7) is 9.56. The predicted molar refractivity (Wildman–Crippen MR) is 184 cm³/mol. The fourth-order valence-corrected chi connectivity index (χ4v) is 8.25. The molecular weight excluding hydrogens is 616 g/mol. The van der Waals surface area contributed by atoms with Gasteiger partial charge in [-0.25, -0.2) is 8.42 Å². The lowest BCUT2D eigenvalue weighted by molar-refractivity contribution is -0.0442. The topological polar surface area (TPSA) is 86.8 Å². The lowest BCUT2D eigenvalue weighted by atomic mass is 9.81. The molecule has 0 radical (unpaired) electrons. The number of hydrogen-bond donors (Lipinski definition) is 0. The Morgan fingerprint density at radius 2 is 1.72 bits per heavy atom. The summed E-state index contributed by atoms with van der Waals surface area (Å²) >= 11 is 0. The van der Waals surface area contributed by atoms with Crippen molar-refractivity contribution in [1.29, 1.82) is 0 Å². The second-order valence-corrected chi connectivity index (χ2v) is 15.0. The van der Waals surface area contributed by atoms with E-state index in [1.54, 1.807) is 37.8 Å². The van der Waals surface area contributed by atoms with Gasteiger partial charge in [0, 0.05) is 45.9 Å². The average molecular weight is 667 g/mol. The van der Waals surface area contributed by atoms with Crippen LogP contribution >= 0.6 is 0 Å². The molecule has 0 N–H and O–H groups in total. The van der Waals surface area contributed by atoms with Crippen LogP contribution in [0.4, 0.5) is 5.69 Å². The Morgan fingerprint density at radius 3 is 2.40 bits per heavy atom. The number of methoxy groups -OCH3 is 3. The number of benzene rings is 3. The second kappa shape index (κ2) is 15.4. The van der Waals surface area contributed by atoms with E-state index in [-0.39, 0.29) is 23.4 Å². The molecule has 2 aliphatic rings. The highest BCUT2D eigenvalue weighted by atomic mass is 32.2. The molecule has 0 spiro atoms. The molecule has 0 amide bonds. The van der Waals surface area contributed by atoms with Crippen LogP contribution in [0.3, 0.4) is 0 Å². The number of anilines is 1. The number of piperidine rings is 1. The summed E-state index contributed by atoms with van der Waals surface area (Å²) in [6, 6.07) is 21.0. The molecule has 47 heavy (non-hydrogen) atoms. The van der Waals surface area contributed by atoms with E-state index in [2.05, 4.69) is 23.1 Å². The molecule has 0 aliphatic carbocycles. The summed E-state index contributed by atoms with van der Waals surface area (Å²) in [5, 5.41) is 0. The van der Waals surface area contributed by atoms with E-state index >= 15 is 0 Å². The zero-order valence-electron chi connectivity index (χ0n) is 28.6. The predicted octanol–water partition coefficient (Wildman–Crippen LogP) is 6.19. The van der Waals surface area contributed by atoms with Crippen molar-refractivity contribution in [2.24, 2.45) is 0 Å². The first-order chi connectivity index (χ1) is 22.5. The number of hydrogen-bond acceptors (Lipinski definition) is 8. The number of aryl methyl sites for hydroxylation is 1. The van der Waals surface area contributed by atoms with Gasteiger partial charge in [-0.05, 0) is 87.6 Å². The van der Waals surface area contributed by atoms with Gasteiger partial charge in [0.15, 0.2) is 0 Å². The van der Waals surface area contributed by atoms with Crippen LogP contribution in [0.2, 0.25) is 0 Å². The van der Waals surface area contributed by atoms with E-state index in [0.29, 0.717) is 32.7 Å². The molecule has 1 saturated heterocycles. The van der Waals surface area contributed by atoms with E-state index in [1.165, 1.54) is 0 Å². The lowest BCUT2D eigenvalue weighted by Crippen LogP contribution is -2.54. The van der Waals surface area contributed by atoms with Gasteiger partial charge in [-0.1, -0.05) is 35.9 Å². The first-order valence-electron chi connectivity index (χ1n) is 16.4. The van der Waals surface area contributed by atoms with E-state index in [4.69, 9.17) is 23.7 Å². The monoisotopic (exact) mass is 666 g/mol. The summed E-state index contributed by atoms with van der Waals surface area (Å²) in [5.41, 5.74) is 3.63. The largest absolute Gasteiger partial charge is 0.497 e. The van der Waals surface area contributed by atoms with Crippen LogP contribution in [0, 0.1) is 6.92 Å². The minimum atomic E-state index is -3.83. The van der Waals surface area contributed by atoms with Crippen LogP contribution in [-0.4, -0.2) is 84.6 Å². The summed E-state index contributed by atoms with van der Waals surface area (Å²) in [6.07, 6.45) is 1.66. The van der Waals surface area contributed by atoms with Crippen molar-refractivity contribution in [2.45, 2.75) is 75.2 Å². The zero-order chi connectivity index (χ0) is 33.6. The van der Waals surface area contributed by atoms with E-state index in [9.17, 15) is 8.42 Å². The minimum Gasteiger partial charge on any atom is -0.497 e. The number of sulfonamides is 1. The molecule has 0 unspecified atom stereocenters. The van der Waals surface area contributed by atoms with Gasteiger partial charge in [0.25, 0.3) is 0 Å². The number of ether oxygens (including phenoxy) is 5. The smallest absolute Gasteiger partial charge is 0.243 e. The molecular formula is C37H50N2O7S. The van der Waals surface area contributed by atoms with Crippen LogP contribution in [0.5, 0.6) is 11.5 Å². The summed E-state index contributed by atoms with van der Waals surface area (Å²) in [7, 11) is 1.23. The van der Waals surface area contributed by atoms with Gasteiger partial charge >= 0.3 is 0 Å². The van der Waals surface area contributed by atoms with Crippen molar-refractivity contribution >= 4 is 15.7 Å². The first-order valence-corrected chi connectivity index (χ1v) is 17.9. The third kappa shape index (κ3) is 8.48. The molecule has 256 valence electrons. The Balaban J connectivity index is 1.46. The number of nitrogens with zero attached hydrogens (tertiary/aromatic N) is 2. The Kier molecular flexibility index (Phi) is 11.5. The van der Waals surface area contributed by atoms with Gasteiger partial charge in [-0.2, -0.15) is 4.31 Å². The zero-order valence-corrected chi connectivity index (χ0v) is 29.4. The molecule has 9 nitrogen and oxygen atoms in total. The molecule has 0 aromatic heterocycles. The van der Waals surface area contributed by atoms with Gasteiger partial charge in [0.1, 0.15) is 18.1 Å². The molecule has 3 aromatic rings. The van der Waals surface area contributed by atoms with E-state index in [1.807, 2.05) is 57.2 Å². The molecule has 1 fully saturated rings. The Morgan fingerprint density at radius 1 is 0.979 bits per heavy atom. The molecule has 3 atom stereocenters. The molecule has 10 heteroatoms. The summed E-state index contributed by atoms with van der Waals surface area (Å²) in [4.78, 5) is 2.62. The summed E-state index contributed by atoms with van der Waals surface area (Å²) in [5.74, 6) is 1.59. The maximum Gasteiger partial charge on any atom is 0.243 e. The van der Waals surface area contributed by atoms with Crippen molar-refractivity contribution in [2.75, 3.05) is 59.1 Å². The van der Waals surface area contributed by atoms with Gasteiger partial charge in [0.2, 0.25) is 10.0 Å².